The van der Waals surface area contributed by atoms with E-state index >= 15 is 0 Å². The molecular weight excluding hydrogens is 344 g/mol. The largest absolute Gasteiger partial charge is 0.497 e. The van der Waals surface area contributed by atoms with Crippen molar-refractivity contribution < 1.29 is 22.7 Å². The standard InChI is InChI=1S/C17H22N2O5S/c1-24-14-6-4-13(5-7-14)17(8-9-17)16(21)19-11-3-10-18(19)15(20)12-25(2,22)23/h4-7H,3,8-12H2,1-2H3. The van der Waals surface area contributed by atoms with Crippen LogP contribution in [0.5, 0.6) is 5.75 Å². The molecule has 1 saturated heterocycles. The van der Waals surface area contributed by atoms with Crippen molar-refractivity contribution >= 4 is 21.7 Å². The monoisotopic (exact) mass is 366 g/mol. The second kappa shape index (κ2) is 6.33. The molecule has 1 aromatic carbocycles. The molecule has 2 aliphatic rings. The third-order valence-electron chi connectivity index (χ3n) is 4.74. The lowest BCUT2D eigenvalue weighted by Gasteiger charge is -2.31. The predicted octanol–water partition coefficient (Wildman–Crippen LogP) is 0.747. The fraction of sp³-hybridized carbons (Fsp3) is 0.529. The summed E-state index contributed by atoms with van der Waals surface area (Å²) in [6, 6.07) is 7.39. The molecule has 0 radical (unpaired) electrons. The smallest absolute Gasteiger partial charge is 0.256 e. The van der Waals surface area contributed by atoms with Crippen LogP contribution in [0.1, 0.15) is 24.8 Å². The van der Waals surface area contributed by atoms with Crippen molar-refractivity contribution in [3.8, 4) is 5.75 Å². The molecule has 7 nitrogen and oxygen atoms in total. The van der Waals surface area contributed by atoms with E-state index in [0.717, 1.165) is 30.4 Å². The Labute approximate surface area is 147 Å². The zero-order chi connectivity index (χ0) is 18.2. The number of sulfone groups is 1. The second-order valence-corrected chi connectivity index (χ2v) is 8.82. The van der Waals surface area contributed by atoms with Crippen molar-refractivity contribution in [3.63, 3.8) is 0 Å². The number of amides is 2. The topological polar surface area (TPSA) is 84.0 Å². The van der Waals surface area contributed by atoms with Crippen LogP contribution in [-0.2, 0) is 24.8 Å². The number of hydrazine groups is 1. The van der Waals surface area contributed by atoms with Crippen LogP contribution < -0.4 is 4.74 Å². The Morgan fingerprint density at radius 1 is 1.12 bits per heavy atom. The van der Waals surface area contributed by atoms with Gasteiger partial charge < -0.3 is 4.74 Å². The van der Waals surface area contributed by atoms with Gasteiger partial charge in [0.1, 0.15) is 11.5 Å². The van der Waals surface area contributed by atoms with Crippen LogP contribution in [0.4, 0.5) is 0 Å². The number of rotatable bonds is 5. The SMILES string of the molecule is COc1ccc(C2(C(=O)N3CCCN3C(=O)CS(C)(=O)=O)CC2)cc1. The molecule has 1 aliphatic heterocycles. The summed E-state index contributed by atoms with van der Waals surface area (Å²) in [7, 11) is -1.85. The molecule has 0 bridgehead atoms. The minimum absolute atomic E-state index is 0.128. The normalized spacial score (nSPS) is 19.0. The molecule has 0 spiro atoms. The van der Waals surface area contributed by atoms with E-state index in [1.807, 2.05) is 24.3 Å². The first-order chi connectivity index (χ1) is 11.8. The maximum absolute atomic E-state index is 13.1. The lowest BCUT2D eigenvalue weighted by atomic mass is 9.94. The van der Waals surface area contributed by atoms with E-state index in [1.54, 1.807) is 7.11 Å². The molecule has 1 heterocycles. The lowest BCUT2D eigenvalue weighted by molar-refractivity contribution is -0.158. The number of nitrogens with zero attached hydrogens (tertiary/aromatic N) is 2. The van der Waals surface area contributed by atoms with E-state index in [0.29, 0.717) is 19.5 Å². The van der Waals surface area contributed by atoms with Gasteiger partial charge in [-0.1, -0.05) is 12.1 Å². The fourth-order valence-corrected chi connectivity index (χ4v) is 3.89. The van der Waals surface area contributed by atoms with Crippen LogP contribution in [0.25, 0.3) is 0 Å². The molecule has 1 aromatic rings. The first-order valence-corrected chi connectivity index (χ1v) is 10.3. The average molecular weight is 366 g/mol. The summed E-state index contributed by atoms with van der Waals surface area (Å²) in [6.45, 7) is 0.811. The predicted molar refractivity (Wildman–Crippen MR) is 91.7 cm³/mol. The van der Waals surface area contributed by atoms with Gasteiger partial charge in [-0.3, -0.25) is 19.6 Å². The van der Waals surface area contributed by atoms with Gasteiger partial charge in [0.2, 0.25) is 0 Å². The molecule has 136 valence electrons. The number of carbonyl (C=O) groups excluding carboxylic acids is 2. The van der Waals surface area contributed by atoms with Gasteiger partial charge in [0.25, 0.3) is 11.8 Å². The van der Waals surface area contributed by atoms with Crippen molar-refractivity contribution in [1.29, 1.82) is 0 Å². The van der Waals surface area contributed by atoms with Crippen molar-refractivity contribution in [2.75, 3.05) is 32.2 Å². The summed E-state index contributed by atoms with van der Waals surface area (Å²) in [6.07, 6.45) is 3.12. The Morgan fingerprint density at radius 3 is 2.24 bits per heavy atom. The first kappa shape index (κ1) is 17.7. The molecule has 1 saturated carbocycles. The summed E-state index contributed by atoms with van der Waals surface area (Å²) in [5.41, 5.74) is 0.293. The molecule has 3 rings (SSSR count). The van der Waals surface area contributed by atoms with Crippen molar-refractivity contribution in [2.24, 2.45) is 0 Å². The zero-order valence-electron chi connectivity index (χ0n) is 14.4. The average Bonchev–Trinajstić information content (AvgIpc) is 3.22. The van der Waals surface area contributed by atoms with Gasteiger partial charge in [-0.2, -0.15) is 0 Å². The van der Waals surface area contributed by atoms with Gasteiger partial charge in [0.05, 0.1) is 12.5 Å². The lowest BCUT2D eigenvalue weighted by Crippen LogP contribution is -2.50. The van der Waals surface area contributed by atoms with E-state index in [9.17, 15) is 18.0 Å². The summed E-state index contributed by atoms with van der Waals surface area (Å²) >= 11 is 0. The first-order valence-electron chi connectivity index (χ1n) is 8.21. The molecule has 2 fully saturated rings. The van der Waals surface area contributed by atoms with Gasteiger partial charge in [-0.05, 0) is 37.0 Å². The number of hydrogen-bond acceptors (Lipinski definition) is 5. The van der Waals surface area contributed by atoms with Gasteiger partial charge in [-0.15, -0.1) is 0 Å². The van der Waals surface area contributed by atoms with Gasteiger partial charge in [0, 0.05) is 19.3 Å². The van der Waals surface area contributed by atoms with Crippen LogP contribution in [0.2, 0.25) is 0 Å². The van der Waals surface area contributed by atoms with E-state index in [2.05, 4.69) is 0 Å². The van der Waals surface area contributed by atoms with Crippen LogP contribution >= 0.6 is 0 Å². The van der Waals surface area contributed by atoms with Crippen molar-refractivity contribution in [2.45, 2.75) is 24.7 Å². The van der Waals surface area contributed by atoms with Gasteiger partial charge >= 0.3 is 0 Å². The highest BCUT2D eigenvalue weighted by atomic mass is 32.2. The molecule has 0 unspecified atom stereocenters. The number of hydrogen-bond donors (Lipinski definition) is 0. The Morgan fingerprint density at radius 2 is 1.72 bits per heavy atom. The van der Waals surface area contributed by atoms with Gasteiger partial charge in [-0.25, -0.2) is 8.42 Å². The van der Waals surface area contributed by atoms with Crippen molar-refractivity contribution in [1.82, 2.24) is 10.0 Å². The Hall–Kier alpha value is -2.09. The van der Waals surface area contributed by atoms with E-state index in [4.69, 9.17) is 4.74 Å². The Kier molecular flexibility index (Phi) is 4.49. The Bertz CT molecular complexity index is 784. The molecule has 8 heteroatoms. The fourth-order valence-electron chi connectivity index (χ4n) is 3.29. The summed E-state index contributed by atoms with van der Waals surface area (Å²) in [5.74, 6) is -0.527. The highest BCUT2D eigenvalue weighted by Crippen LogP contribution is 2.50. The molecular formula is C17H22N2O5S. The maximum Gasteiger partial charge on any atom is 0.256 e. The molecule has 0 N–H and O–H groups in total. The minimum Gasteiger partial charge on any atom is -0.497 e. The minimum atomic E-state index is -3.43. The molecule has 1 aliphatic carbocycles. The van der Waals surface area contributed by atoms with Gasteiger partial charge in [0.15, 0.2) is 9.84 Å². The number of ether oxygens (including phenoxy) is 1. The third kappa shape index (κ3) is 3.49. The second-order valence-electron chi connectivity index (χ2n) is 6.68. The molecule has 0 atom stereocenters. The quantitative estimate of drug-likeness (QED) is 0.768. The van der Waals surface area contributed by atoms with Crippen LogP contribution in [0.15, 0.2) is 24.3 Å². The molecule has 25 heavy (non-hydrogen) atoms. The highest BCUT2D eigenvalue weighted by molar-refractivity contribution is 7.91. The molecule has 2 amide bonds. The zero-order valence-corrected chi connectivity index (χ0v) is 15.2. The Balaban J connectivity index is 1.80. The number of methoxy groups -OCH3 is 1. The summed E-state index contributed by atoms with van der Waals surface area (Å²) < 4.78 is 28.0. The van der Waals surface area contributed by atoms with E-state index < -0.39 is 26.9 Å². The highest BCUT2D eigenvalue weighted by Gasteiger charge is 2.55. The molecule has 0 aromatic heterocycles. The van der Waals surface area contributed by atoms with Crippen LogP contribution in [0.3, 0.4) is 0 Å². The summed E-state index contributed by atoms with van der Waals surface area (Å²) in [4.78, 5) is 25.4. The van der Waals surface area contributed by atoms with Crippen LogP contribution in [-0.4, -0.2) is 62.5 Å². The van der Waals surface area contributed by atoms with E-state index in [1.165, 1.54) is 10.0 Å². The van der Waals surface area contributed by atoms with E-state index in [-0.39, 0.29) is 5.91 Å². The number of carbonyl (C=O) groups is 2. The summed E-state index contributed by atoms with van der Waals surface area (Å²) in [5, 5.41) is 2.73. The van der Waals surface area contributed by atoms with Crippen LogP contribution in [0, 0.1) is 0 Å². The number of benzene rings is 1. The van der Waals surface area contributed by atoms with Crippen molar-refractivity contribution in [3.05, 3.63) is 29.8 Å². The maximum atomic E-state index is 13.1. The third-order valence-corrected chi connectivity index (χ3v) is 5.51.